The molecule has 6 atom stereocenters. The molecule has 0 unspecified atom stereocenters. The zero-order valence-electron chi connectivity index (χ0n) is 39.9. The van der Waals surface area contributed by atoms with Gasteiger partial charge in [0.2, 0.25) is 47.3 Å². The number of amides is 10. The fourth-order valence-corrected chi connectivity index (χ4v) is 8.50. The largest absolute Gasteiger partial charge is 1.00 e. The van der Waals surface area contributed by atoms with Crippen molar-refractivity contribution in [1.82, 2.24) is 50.7 Å². The van der Waals surface area contributed by atoms with Crippen molar-refractivity contribution in [3.63, 3.8) is 0 Å². The van der Waals surface area contributed by atoms with Crippen LogP contribution in [0.2, 0.25) is 0 Å². The van der Waals surface area contributed by atoms with Crippen molar-refractivity contribution in [2.75, 3.05) is 79.5 Å². The zero-order valence-corrected chi connectivity index (χ0v) is 41.4. The highest BCUT2D eigenvalue weighted by molar-refractivity contribution is 5.96. The predicted molar refractivity (Wildman–Crippen MR) is 231 cm³/mol. The number of halogens is 2. The first-order valence-corrected chi connectivity index (χ1v) is 22.6. The van der Waals surface area contributed by atoms with Gasteiger partial charge in [0.15, 0.2) is 12.1 Å². The number of piperidine rings is 2. The molecular formula is C42H74Cl2N12O10. The minimum absolute atomic E-state index is 0. The van der Waals surface area contributed by atoms with Gasteiger partial charge in [-0.1, -0.05) is 27.7 Å². The second-order valence-corrected chi connectivity index (χ2v) is 17.6. The molecule has 0 aromatic rings. The van der Waals surface area contributed by atoms with Gasteiger partial charge in [-0.2, -0.15) is 0 Å². The first-order valence-electron chi connectivity index (χ1n) is 22.6. The second kappa shape index (κ2) is 27.7. The van der Waals surface area contributed by atoms with E-state index in [2.05, 4.69) is 32.7 Å². The Bertz CT molecular complexity index is 1620. The van der Waals surface area contributed by atoms with Crippen LogP contribution in [-0.4, -0.2) is 204 Å². The molecule has 24 heteroatoms. The standard InChI is InChI=1S/C42H72N12O10.2ClH/c1-9-51-33(57)23-49(7)31(55)21-47-37(59)29-15-12-14-18-54(29)42(64)28(44)20-46-40(62)36(26(5)6)52(10-2)34(58)24-50(8)32(56)22-48-38(60)30-16-11-13-17-53(30)41(63)27(43)19-45-39(61)35(51)25(3)4;;/h25-30,35-36H,9-24,43-44H2,1-8H3,(H,45,61)(H,46,62)(H,47,59)(H,48,60);2*1H/t27-,28-,29+,30+,35+,36+;;/m1../s1. The van der Waals surface area contributed by atoms with Gasteiger partial charge in [0.25, 0.3) is 11.8 Å². The summed E-state index contributed by atoms with van der Waals surface area (Å²) >= 11 is 0. The number of carbonyl (C=O) groups excluding carboxylic acids is 10. The van der Waals surface area contributed by atoms with Gasteiger partial charge in [-0.05, 0) is 64.2 Å². The Morgan fingerprint density at radius 2 is 0.848 bits per heavy atom. The van der Waals surface area contributed by atoms with Crippen LogP contribution < -0.4 is 57.5 Å². The van der Waals surface area contributed by atoms with E-state index in [0.29, 0.717) is 38.5 Å². The number of rotatable bonds is 4. The number of likely N-dealkylation sites (N-methyl/N-ethyl adjacent to an activating group) is 4. The van der Waals surface area contributed by atoms with E-state index in [9.17, 15) is 47.9 Å². The van der Waals surface area contributed by atoms with E-state index in [1.54, 1.807) is 41.5 Å². The van der Waals surface area contributed by atoms with Crippen LogP contribution in [0.3, 0.4) is 0 Å². The minimum atomic E-state index is -1.00. The van der Waals surface area contributed by atoms with Gasteiger partial charge in [-0.25, -0.2) is 0 Å². The van der Waals surface area contributed by atoms with Crippen LogP contribution in [0, 0.1) is 11.8 Å². The van der Waals surface area contributed by atoms with Gasteiger partial charge in [-0.15, -0.1) is 0 Å². The molecule has 3 rings (SSSR count). The van der Waals surface area contributed by atoms with E-state index >= 15 is 0 Å². The van der Waals surface area contributed by atoms with Crippen molar-refractivity contribution in [2.24, 2.45) is 11.8 Å². The van der Waals surface area contributed by atoms with E-state index in [1.165, 1.54) is 33.7 Å². The summed E-state index contributed by atoms with van der Waals surface area (Å²) in [4.78, 5) is 143. The van der Waals surface area contributed by atoms with Gasteiger partial charge in [0.05, 0.1) is 39.3 Å². The molecule has 66 heavy (non-hydrogen) atoms. The first-order chi connectivity index (χ1) is 30.2. The van der Waals surface area contributed by atoms with Crippen LogP contribution in [-0.2, 0) is 47.9 Å². The van der Waals surface area contributed by atoms with Crippen LogP contribution >= 0.6 is 0 Å². The third-order valence-electron chi connectivity index (χ3n) is 12.1. The van der Waals surface area contributed by atoms with Gasteiger partial charge >= 0.3 is 0 Å². The Hall–Kier alpha value is -4.80. The van der Waals surface area contributed by atoms with E-state index in [0.717, 1.165) is 9.80 Å². The summed E-state index contributed by atoms with van der Waals surface area (Å²) in [7, 11) is 2.80. The summed E-state index contributed by atoms with van der Waals surface area (Å²) in [5, 5.41) is 10.7. The maximum Gasteiger partial charge on any atom is 0.283 e. The molecule has 0 aliphatic carbocycles. The van der Waals surface area contributed by atoms with Crippen LogP contribution in [0.4, 0.5) is 0 Å². The normalized spacial score (nSPS) is 26.5. The summed E-state index contributed by atoms with van der Waals surface area (Å²) in [6.45, 7) is 9.08. The number of nitrogens with zero attached hydrogens (tertiary/aromatic N) is 6. The summed E-state index contributed by atoms with van der Waals surface area (Å²) in [6, 6.07) is -5.76. The number of fused-ring (bicyclic) bond motifs is 2. The van der Waals surface area contributed by atoms with E-state index in [1.807, 2.05) is 0 Å². The molecule has 0 radical (unpaired) electrons. The molecule has 3 fully saturated rings. The molecule has 0 aromatic heterocycles. The SMILES string of the molecule is CCN1C(=O)CN(C)C(=O)CNC(=O)[C@@H]2CCCCN2C(=O)[C@H]([NH3+])CNC(=O)[C@H](C(C)C)N(CC)C(=O)CN(C)C(=O)CNC(=O)[C@@H]2CCCCN2C(=O)[C@H]([NH3+])CNC(=O)[C@@H]1C(C)C.[Cl-].[Cl-]. The lowest BCUT2D eigenvalue weighted by Crippen LogP contribution is -3.00. The zero-order chi connectivity index (χ0) is 48.0. The number of quaternary nitrogens is 2. The Morgan fingerprint density at radius 1 is 0.515 bits per heavy atom. The van der Waals surface area contributed by atoms with E-state index < -0.39 is 122 Å². The van der Waals surface area contributed by atoms with Crippen LogP contribution in [0.15, 0.2) is 0 Å². The molecule has 10 N–H and O–H groups in total. The van der Waals surface area contributed by atoms with Crippen LogP contribution in [0.25, 0.3) is 0 Å². The van der Waals surface area contributed by atoms with Crippen molar-refractivity contribution in [2.45, 2.75) is 116 Å². The van der Waals surface area contributed by atoms with Gasteiger partial charge in [0.1, 0.15) is 24.2 Å². The fourth-order valence-electron chi connectivity index (χ4n) is 8.50. The first kappa shape index (κ1) is 59.2. The van der Waals surface area contributed by atoms with Crippen molar-refractivity contribution in [1.29, 1.82) is 0 Å². The molecular weight excluding hydrogens is 903 g/mol. The smallest absolute Gasteiger partial charge is 0.283 e. The topological polar surface area (TPSA) is 294 Å². The van der Waals surface area contributed by atoms with Crippen LogP contribution in [0.5, 0.6) is 0 Å². The molecule has 3 aliphatic rings. The highest BCUT2D eigenvalue weighted by Crippen LogP contribution is 2.20. The molecule has 22 nitrogen and oxygen atoms in total. The van der Waals surface area contributed by atoms with E-state index in [-0.39, 0.29) is 75.9 Å². The molecule has 376 valence electrons. The lowest BCUT2D eigenvalue weighted by atomic mass is 9.99. The molecule has 0 bridgehead atoms. The van der Waals surface area contributed by atoms with Crippen molar-refractivity contribution in [3.8, 4) is 0 Å². The average Bonchev–Trinajstić information content (AvgIpc) is 3.27. The molecule has 3 aliphatic heterocycles. The van der Waals surface area contributed by atoms with Crippen molar-refractivity contribution < 1.29 is 84.2 Å². The summed E-state index contributed by atoms with van der Waals surface area (Å²) in [5.41, 5.74) is 7.94. The van der Waals surface area contributed by atoms with E-state index in [4.69, 9.17) is 0 Å². The maximum absolute atomic E-state index is 13.7. The fraction of sp³-hybridized carbons (Fsp3) is 0.762. The summed E-state index contributed by atoms with van der Waals surface area (Å²) in [6.07, 6.45) is 3.21. The van der Waals surface area contributed by atoms with Crippen molar-refractivity contribution in [3.05, 3.63) is 0 Å². The molecule has 10 amide bonds. The Kier molecular flexibility index (Phi) is 24.9. The van der Waals surface area contributed by atoms with Gasteiger partial charge in [0, 0.05) is 40.3 Å². The highest BCUT2D eigenvalue weighted by Gasteiger charge is 2.40. The third kappa shape index (κ3) is 15.6. The minimum Gasteiger partial charge on any atom is -1.00 e. The number of hydrogen-bond donors (Lipinski definition) is 6. The molecule has 0 spiro atoms. The lowest BCUT2D eigenvalue weighted by Gasteiger charge is -2.36. The van der Waals surface area contributed by atoms with Gasteiger partial charge < -0.3 is 86.9 Å². The molecule has 3 heterocycles. The number of carbonyl (C=O) groups is 10. The van der Waals surface area contributed by atoms with Crippen LogP contribution in [0.1, 0.15) is 80.1 Å². The number of nitrogens with one attached hydrogen (secondary N) is 4. The Labute approximate surface area is 400 Å². The monoisotopic (exact) mass is 977 g/mol. The molecule has 0 aromatic carbocycles. The Balaban J connectivity index is 0.0000109. The lowest BCUT2D eigenvalue weighted by molar-refractivity contribution is -0.403. The predicted octanol–water partition coefficient (Wildman–Crippen LogP) is -10.9. The quantitative estimate of drug-likeness (QED) is 0.155. The summed E-state index contributed by atoms with van der Waals surface area (Å²) < 4.78 is 0. The second-order valence-electron chi connectivity index (χ2n) is 17.6. The molecule has 3 saturated heterocycles. The Morgan fingerprint density at radius 3 is 1.15 bits per heavy atom. The van der Waals surface area contributed by atoms with Gasteiger partial charge in [-0.3, -0.25) is 47.9 Å². The third-order valence-corrected chi connectivity index (χ3v) is 12.1. The average molecular weight is 978 g/mol. The van der Waals surface area contributed by atoms with Crippen molar-refractivity contribution >= 4 is 59.1 Å². The number of hydrogen-bond acceptors (Lipinski definition) is 10. The highest BCUT2D eigenvalue weighted by atomic mass is 35.5. The molecule has 0 saturated carbocycles. The summed E-state index contributed by atoms with van der Waals surface area (Å²) in [5.74, 6) is -6.11. The maximum atomic E-state index is 13.7.